The van der Waals surface area contributed by atoms with E-state index in [1.165, 1.54) is 0 Å². The van der Waals surface area contributed by atoms with E-state index < -0.39 is 6.04 Å². The first-order chi connectivity index (χ1) is 16.5. The second-order valence-corrected chi connectivity index (χ2v) is 8.58. The third kappa shape index (κ3) is 5.62. The second kappa shape index (κ2) is 10.7. The zero-order chi connectivity index (χ0) is 23.9. The minimum absolute atomic E-state index is 0.208. The van der Waals surface area contributed by atoms with Crippen LogP contribution in [-0.2, 0) is 4.79 Å². The monoisotopic (exact) mass is 452 g/mol. The van der Waals surface area contributed by atoms with Crippen LogP contribution in [0.5, 0.6) is 11.5 Å². The van der Waals surface area contributed by atoms with Crippen LogP contribution >= 0.6 is 0 Å². The normalized spacial score (nSPS) is 11.7. The molecule has 2 N–H and O–H groups in total. The van der Waals surface area contributed by atoms with Gasteiger partial charge in [0.25, 0.3) is 5.91 Å². The number of hydrogen-bond acceptors (Lipinski definition) is 3. The first-order valence-electron chi connectivity index (χ1n) is 11.4. The number of hydrogen-bond donors (Lipinski definition) is 2. The molecule has 2 amide bonds. The molecule has 0 aliphatic heterocycles. The third-order valence-corrected chi connectivity index (χ3v) is 5.48. The van der Waals surface area contributed by atoms with Gasteiger partial charge in [0.1, 0.15) is 11.8 Å². The summed E-state index contributed by atoms with van der Waals surface area (Å²) in [6.07, 6.45) is 0.504. The lowest BCUT2D eigenvalue weighted by Gasteiger charge is -2.21. The Morgan fingerprint density at radius 1 is 0.794 bits per heavy atom. The third-order valence-electron chi connectivity index (χ3n) is 5.48. The van der Waals surface area contributed by atoms with Crippen LogP contribution < -0.4 is 15.4 Å². The average molecular weight is 453 g/mol. The number of benzene rings is 4. The smallest absolute Gasteiger partial charge is 0.252 e. The van der Waals surface area contributed by atoms with Gasteiger partial charge in [-0.1, -0.05) is 80.6 Å². The van der Waals surface area contributed by atoms with Gasteiger partial charge in [0.15, 0.2) is 5.75 Å². The van der Waals surface area contributed by atoms with Crippen LogP contribution in [0.4, 0.5) is 5.69 Å². The first kappa shape index (κ1) is 23.1. The molecule has 0 bridgehead atoms. The molecule has 0 aliphatic carbocycles. The van der Waals surface area contributed by atoms with E-state index in [2.05, 4.69) is 10.6 Å². The summed E-state index contributed by atoms with van der Waals surface area (Å²) in [6, 6.07) is 29.3. The molecule has 0 saturated heterocycles. The Morgan fingerprint density at radius 3 is 2.26 bits per heavy atom. The molecule has 0 spiro atoms. The maximum absolute atomic E-state index is 13.3. The van der Waals surface area contributed by atoms with Crippen LogP contribution in [0.3, 0.4) is 0 Å². The summed E-state index contributed by atoms with van der Waals surface area (Å²) in [4.78, 5) is 26.5. The summed E-state index contributed by atoms with van der Waals surface area (Å²) >= 11 is 0. The lowest BCUT2D eigenvalue weighted by atomic mass is 10.0. The molecule has 0 radical (unpaired) electrons. The van der Waals surface area contributed by atoms with E-state index in [4.69, 9.17) is 4.74 Å². The molecule has 0 fully saturated rings. The van der Waals surface area contributed by atoms with E-state index in [0.29, 0.717) is 29.2 Å². The number of ether oxygens (including phenoxy) is 1. The van der Waals surface area contributed by atoms with Gasteiger partial charge in [0.2, 0.25) is 5.91 Å². The number of carbonyl (C=O) groups excluding carboxylic acids is 2. The van der Waals surface area contributed by atoms with Gasteiger partial charge in [0, 0.05) is 5.56 Å². The molecule has 5 nitrogen and oxygen atoms in total. The van der Waals surface area contributed by atoms with E-state index >= 15 is 0 Å². The minimum Gasteiger partial charge on any atom is -0.455 e. The molecule has 0 saturated carbocycles. The van der Waals surface area contributed by atoms with Crippen LogP contribution in [0.1, 0.15) is 30.6 Å². The van der Waals surface area contributed by atoms with Gasteiger partial charge in [-0.25, -0.2) is 0 Å². The van der Waals surface area contributed by atoms with Crippen molar-refractivity contribution in [3.8, 4) is 11.5 Å². The Bertz CT molecular complexity index is 1280. The number of rotatable bonds is 8. The Kier molecular flexibility index (Phi) is 7.23. The summed E-state index contributed by atoms with van der Waals surface area (Å²) < 4.78 is 5.97. The van der Waals surface area contributed by atoms with Crippen molar-refractivity contribution < 1.29 is 14.3 Å². The van der Waals surface area contributed by atoms with Crippen LogP contribution in [0, 0.1) is 5.92 Å². The molecule has 4 aromatic carbocycles. The highest BCUT2D eigenvalue weighted by molar-refractivity contribution is 6.09. The van der Waals surface area contributed by atoms with E-state index in [1.807, 2.05) is 92.7 Å². The zero-order valence-corrected chi connectivity index (χ0v) is 19.3. The number of amides is 2. The molecular weight excluding hydrogens is 424 g/mol. The van der Waals surface area contributed by atoms with Crippen molar-refractivity contribution >= 4 is 28.3 Å². The van der Waals surface area contributed by atoms with Crippen LogP contribution in [-0.4, -0.2) is 17.9 Å². The highest BCUT2D eigenvalue weighted by Crippen LogP contribution is 2.29. The van der Waals surface area contributed by atoms with E-state index in [0.717, 1.165) is 10.8 Å². The summed E-state index contributed by atoms with van der Waals surface area (Å²) in [7, 11) is 0. The molecule has 0 unspecified atom stereocenters. The zero-order valence-electron chi connectivity index (χ0n) is 19.3. The van der Waals surface area contributed by atoms with E-state index in [9.17, 15) is 9.59 Å². The number of carbonyl (C=O) groups is 2. The topological polar surface area (TPSA) is 67.4 Å². The average Bonchev–Trinajstić information content (AvgIpc) is 2.84. The summed E-state index contributed by atoms with van der Waals surface area (Å²) in [5.41, 5.74) is 1.09. The van der Waals surface area contributed by atoms with Gasteiger partial charge in [-0.15, -0.1) is 0 Å². The van der Waals surface area contributed by atoms with Crippen molar-refractivity contribution in [1.82, 2.24) is 5.32 Å². The molecule has 172 valence electrons. The molecule has 0 aliphatic rings. The Morgan fingerprint density at radius 2 is 1.47 bits per heavy atom. The van der Waals surface area contributed by atoms with Crippen molar-refractivity contribution in [2.24, 2.45) is 5.92 Å². The molecule has 1 atom stereocenters. The van der Waals surface area contributed by atoms with Crippen molar-refractivity contribution in [3.63, 3.8) is 0 Å². The number of nitrogens with one attached hydrogen (secondary N) is 2. The molecule has 0 heterocycles. The number of fused-ring (bicyclic) bond motifs is 1. The van der Waals surface area contributed by atoms with Crippen molar-refractivity contribution in [1.29, 1.82) is 0 Å². The van der Waals surface area contributed by atoms with Crippen molar-refractivity contribution in [2.75, 3.05) is 5.32 Å². The lowest BCUT2D eigenvalue weighted by Crippen LogP contribution is -2.44. The summed E-state index contributed by atoms with van der Waals surface area (Å²) in [5.74, 6) is 0.857. The Balaban J connectivity index is 1.54. The Hall–Kier alpha value is -4.12. The van der Waals surface area contributed by atoms with Crippen LogP contribution in [0.2, 0.25) is 0 Å². The maximum atomic E-state index is 13.3. The van der Waals surface area contributed by atoms with Gasteiger partial charge < -0.3 is 15.4 Å². The molecule has 4 rings (SSSR count). The largest absolute Gasteiger partial charge is 0.455 e. The lowest BCUT2D eigenvalue weighted by molar-refractivity contribution is -0.118. The first-order valence-corrected chi connectivity index (χ1v) is 11.4. The fourth-order valence-corrected chi connectivity index (χ4v) is 3.86. The molecule has 4 aromatic rings. The quantitative estimate of drug-likeness (QED) is 0.324. The standard InChI is InChI=1S/C29H28N2O3/c1-20(2)19-26(31-28(32)24-16-10-12-21-11-6-7-15-23(21)24)29(33)30-25-17-8-9-18-27(25)34-22-13-4-3-5-14-22/h3-18,20,26H,19H2,1-2H3,(H,30,33)(H,31,32)/t26-/m1/s1. The highest BCUT2D eigenvalue weighted by Gasteiger charge is 2.24. The molecule has 0 aromatic heterocycles. The second-order valence-electron chi connectivity index (χ2n) is 8.58. The Labute approximate surface area is 199 Å². The van der Waals surface area contributed by atoms with Gasteiger partial charge >= 0.3 is 0 Å². The fourth-order valence-electron chi connectivity index (χ4n) is 3.86. The highest BCUT2D eigenvalue weighted by atomic mass is 16.5. The number of anilines is 1. The minimum atomic E-state index is -0.698. The van der Waals surface area contributed by atoms with Gasteiger partial charge in [0.05, 0.1) is 5.69 Å². The predicted molar refractivity (Wildman–Crippen MR) is 136 cm³/mol. The maximum Gasteiger partial charge on any atom is 0.252 e. The van der Waals surface area contributed by atoms with Crippen molar-refractivity contribution in [3.05, 3.63) is 103 Å². The summed E-state index contributed by atoms with van der Waals surface area (Å²) in [6.45, 7) is 4.05. The summed E-state index contributed by atoms with van der Waals surface area (Å²) in [5, 5.41) is 7.74. The number of para-hydroxylation sites is 3. The molecular formula is C29H28N2O3. The van der Waals surface area contributed by atoms with Gasteiger partial charge in [-0.2, -0.15) is 0 Å². The predicted octanol–water partition coefficient (Wildman–Crippen LogP) is 6.42. The van der Waals surface area contributed by atoms with E-state index in [-0.39, 0.29) is 17.7 Å². The van der Waals surface area contributed by atoms with E-state index in [1.54, 1.807) is 18.2 Å². The molecule has 34 heavy (non-hydrogen) atoms. The SMILES string of the molecule is CC(C)C[C@@H](NC(=O)c1cccc2ccccc12)C(=O)Nc1ccccc1Oc1ccccc1. The van der Waals surface area contributed by atoms with Gasteiger partial charge in [-0.3, -0.25) is 9.59 Å². The molecule has 5 heteroatoms. The van der Waals surface area contributed by atoms with Crippen LogP contribution in [0.15, 0.2) is 97.1 Å². The van der Waals surface area contributed by atoms with Crippen LogP contribution in [0.25, 0.3) is 10.8 Å². The van der Waals surface area contributed by atoms with Crippen molar-refractivity contribution in [2.45, 2.75) is 26.3 Å². The fraction of sp³-hybridized carbons (Fsp3) is 0.172. The van der Waals surface area contributed by atoms with Gasteiger partial charge in [-0.05, 0) is 53.4 Å².